The van der Waals surface area contributed by atoms with Gasteiger partial charge in [-0.1, -0.05) is 12.1 Å². The van der Waals surface area contributed by atoms with E-state index in [1.165, 1.54) is 0 Å². The highest BCUT2D eigenvalue weighted by Crippen LogP contribution is 2.28. The van der Waals surface area contributed by atoms with E-state index in [-0.39, 0.29) is 18.3 Å². The number of aliphatic hydroxyl groups is 1. The van der Waals surface area contributed by atoms with Gasteiger partial charge in [0.05, 0.1) is 18.1 Å². The van der Waals surface area contributed by atoms with Gasteiger partial charge < -0.3 is 9.84 Å². The van der Waals surface area contributed by atoms with Crippen molar-refractivity contribution in [1.82, 2.24) is 0 Å². The predicted molar refractivity (Wildman–Crippen MR) is 56.1 cm³/mol. The molecule has 1 N–H and O–H groups in total. The van der Waals surface area contributed by atoms with Crippen LogP contribution in [0.4, 0.5) is 0 Å². The number of Topliss-reactive ketones (excluding diaryl/α,β-unsaturated/α-hetero) is 1. The zero-order chi connectivity index (χ0) is 10.7. The highest BCUT2D eigenvalue weighted by atomic mass is 16.5. The van der Waals surface area contributed by atoms with Gasteiger partial charge in [-0.05, 0) is 25.0 Å². The Morgan fingerprint density at radius 2 is 2.20 bits per heavy atom. The molecule has 0 bridgehead atoms. The van der Waals surface area contributed by atoms with E-state index in [0.29, 0.717) is 30.8 Å². The van der Waals surface area contributed by atoms with Gasteiger partial charge in [0, 0.05) is 6.61 Å². The van der Waals surface area contributed by atoms with Crippen molar-refractivity contribution in [2.24, 2.45) is 5.92 Å². The van der Waals surface area contributed by atoms with Crippen LogP contribution in [-0.2, 0) is 0 Å². The number of carbonyl (C=O) groups is 1. The van der Waals surface area contributed by atoms with E-state index in [9.17, 15) is 4.79 Å². The summed E-state index contributed by atoms with van der Waals surface area (Å²) in [6.07, 6.45) is 1.35. The summed E-state index contributed by atoms with van der Waals surface area (Å²) in [6, 6.07) is 7.31. The fourth-order valence-electron chi connectivity index (χ4n) is 1.83. The van der Waals surface area contributed by atoms with Crippen LogP contribution in [0.25, 0.3) is 0 Å². The number of para-hydroxylation sites is 1. The summed E-state index contributed by atoms with van der Waals surface area (Å²) < 4.78 is 5.50. The van der Waals surface area contributed by atoms with Crippen LogP contribution in [0, 0.1) is 5.92 Å². The maximum absolute atomic E-state index is 12.0. The molecule has 0 spiro atoms. The van der Waals surface area contributed by atoms with Gasteiger partial charge in [-0.25, -0.2) is 0 Å². The van der Waals surface area contributed by atoms with Crippen LogP contribution >= 0.6 is 0 Å². The molecule has 0 aromatic heterocycles. The van der Waals surface area contributed by atoms with E-state index in [2.05, 4.69) is 0 Å². The Bertz CT molecular complexity index is 360. The SMILES string of the molecule is O=C1c2ccccc2OCC1CCCO. The van der Waals surface area contributed by atoms with E-state index in [1.807, 2.05) is 18.2 Å². The zero-order valence-corrected chi connectivity index (χ0v) is 8.48. The fraction of sp³-hybridized carbons (Fsp3) is 0.417. The third-order valence-electron chi connectivity index (χ3n) is 2.67. The Morgan fingerprint density at radius 3 is 3.00 bits per heavy atom. The maximum atomic E-state index is 12.0. The molecule has 1 aromatic carbocycles. The number of rotatable bonds is 3. The molecule has 1 aliphatic rings. The normalized spacial score (nSPS) is 19.5. The summed E-state index contributed by atoms with van der Waals surface area (Å²) in [5, 5.41) is 8.73. The van der Waals surface area contributed by atoms with Gasteiger partial charge in [0.15, 0.2) is 5.78 Å². The van der Waals surface area contributed by atoms with Crippen molar-refractivity contribution in [1.29, 1.82) is 0 Å². The van der Waals surface area contributed by atoms with E-state index >= 15 is 0 Å². The number of benzene rings is 1. The highest BCUT2D eigenvalue weighted by Gasteiger charge is 2.27. The van der Waals surface area contributed by atoms with Gasteiger partial charge in [-0.3, -0.25) is 4.79 Å². The molecule has 0 saturated carbocycles. The number of ether oxygens (including phenoxy) is 1. The quantitative estimate of drug-likeness (QED) is 0.818. The number of hydrogen-bond donors (Lipinski definition) is 1. The summed E-state index contributed by atoms with van der Waals surface area (Å²) in [6.45, 7) is 0.571. The van der Waals surface area contributed by atoms with Crippen molar-refractivity contribution in [3.05, 3.63) is 29.8 Å². The van der Waals surface area contributed by atoms with Gasteiger partial charge in [0.25, 0.3) is 0 Å². The summed E-state index contributed by atoms with van der Waals surface area (Å²) in [5.41, 5.74) is 0.673. The molecule has 0 radical (unpaired) electrons. The minimum absolute atomic E-state index is 0.0907. The lowest BCUT2D eigenvalue weighted by molar-refractivity contribution is 0.0812. The minimum atomic E-state index is -0.0907. The summed E-state index contributed by atoms with van der Waals surface area (Å²) in [7, 11) is 0. The van der Waals surface area contributed by atoms with Gasteiger partial charge in [0.1, 0.15) is 5.75 Å². The van der Waals surface area contributed by atoms with Gasteiger partial charge in [-0.2, -0.15) is 0 Å². The van der Waals surface area contributed by atoms with E-state index in [1.54, 1.807) is 6.07 Å². The number of ketones is 1. The molecular formula is C12H14O3. The minimum Gasteiger partial charge on any atom is -0.492 e. The predicted octanol–water partition coefficient (Wildman–Crippen LogP) is 1.65. The van der Waals surface area contributed by atoms with E-state index in [4.69, 9.17) is 9.84 Å². The Hall–Kier alpha value is -1.35. The lowest BCUT2D eigenvalue weighted by atomic mass is 9.91. The summed E-state index contributed by atoms with van der Waals surface area (Å²) in [4.78, 5) is 12.0. The molecule has 1 aliphatic heterocycles. The van der Waals surface area contributed by atoms with Crippen molar-refractivity contribution in [2.45, 2.75) is 12.8 Å². The topological polar surface area (TPSA) is 46.5 Å². The molecule has 0 fully saturated rings. The van der Waals surface area contributed by atoms with Crippen LogP contribution in [0.5, 0.6) is 5.75 Å². The first-order valence-corrected chi connectivity index (χ1v) is 5.20. The van der Waals surface area contributed by atoms with Crippen molar-refractivity contribution >= 4 is 5.78 Å². The summed E-state index contributed by atoms with van der Waals surface area (Å²) in [5.74, 6) is 0.736. The average molecular weight is 206 g/mol. The second-order valence-corrected chi connectivity index (χ2v) is 3.73. The Labute approximate surface area is 88.7 Å². The van der Waals surface area contributed by atoms with E-state index in [0.717, 1.165) is 0 Å². The molecule has 80 valence electrons. The Morgan fingerprint density at radius 1 is 1.40 bits per heavy atom. The Kier molecular flexibility index (Phi) is 3.02. The number of hydrogen-bond acceptors (Lipinski definition) is 3. The molecule has 0 aliphatic carbocycles. The molecule has 15 heavy (non-hydrogen) atoms. The van der Waals surface area contributed by atoms with E-state index < -0.39 is 0 Å². The average Bonchev–Trinajstić information content (AvgIpc) is 2.29. The zero-order valence-electron chi connectivity index (χ0n) is 8.48. The van der Waals surface area contributed by atoms with Crippen LogP contribution < -0.4 is 4.74 Å². The first-order valence-electron chi connectivity index (χ1n) is 5.20. The molecular weight excluding hydrogens is 192 g/mol. The number of carbonyl (C=O) groups excluding carboxylic acids is 1. The van der Waals surface area contributed by atoms with Gasteiger partial charge >= 0.3 is 0 Å². The second kappa shape index (κ2) is 4.45. The first-order chi connectivity index (χ1) is 7.33. The standard InChI is InChI=1S/C12H14O3/c13-7-3-4-9-8-15-11-6-2-1-5-10(11)12(9)14/h1-2,5-6,9,13H,3-4,7-8H2. The van der Waals surface area contributed by atoms with Crippen LogP contribution in [0.1, 0.15) is 23.2 Å². The molecule has 2 rings (SSSR count). The van der Waals surface area contributed by atoms with Crippen LogP contribution in [-0.4, -0.2) is 24.1 Å². The van der Waals surface area contributed by atoms with Gasteiger partial charge in [-0.15, -0.1) is 0 Å². The second-order valence-electron chi connectivity index (χ2n) is 3.73. The van der Waals surface area contributed by atoms with Crippen molar-refractivity contribution < 1.29 is 14.6 Å². The lowest BCUT2D eigenvalue weighted by Crippen LogP contribution is -2.27. The number of fused-ring (bicyclic) bond motifs is 1. The lowest BCUT2D eigenvalue weighted by Gasteiger charge is -2.23. The molecule has 1 heterocycles. The fourth-order valence-corrected chi connectivity index (χ4v) is 1.83. The highest BCUT2D eigenvalue weighted by molar-refractivity contribution is 6.01. The first kappa shape index (κ1) is 10.2. The molecule has 0 amide bonds. The van der Waals surface area contributed by atoms with Crippen molar-refractivity contribution in [2.75, 3.05) is 13.2 Å². The molecule has 0 saturated heterocycles. The molecule has 3 heteroatoms. The monoisotopic (exact) mass is 206 g/mol. The largest absolute Gasteiger partial charge is 0.492 e. The number of aliphatic hydroxyl groups excluding tert-OH is 1. The molecule has 1 unspecified atom stereocenters. The molecule has 1 atom stereocenters. The summed E-state index contributed by atoms with van der Waals surface area (Å²) >= 11 is 0. The van der Waals surface area contributed by atoms with Gasteiger partial charge in [0.2, 0.25) is 0 Å². The van der Waals surface area contributed by atoms with Crippen molar-refractivity contribution in [3.8, 4) is 5.75 Å². The Balaban J connectivity index is 2.15. The molecule has 1 aromatic rings. The van der Waals surface area contributed by atoms with Crippen LogP contribution in [0.15, 0.2) is 24.3 Å². The maximum Gasteiger partial charge on any atom is 0.173 e. The molecule has 3 nitrogen and oxygen atoms in total. The van der Waals surface area contributed by atoms with Crippen LogP contribution in [0.2, 0.25) is 0 Å². The van der Waals surface area contributed by atoms with Crippen molar-refractivity contribution in [3.63, 3.8) is 0 Å². The van der Waals surface area contributed by atoms with Crippen LogP contribution in [0.3, 0.4) is 0 Å². The third-order valence-corrected chi connectivity index (χ3v) is 2.67. The smallest absolute Gasteiger partial charge is 0.173 e. The third kappa shape index (κ3) is 2.02.